The number of aromatic nitrogens is 3. The highest BCUT2D eigenvalue weighted by atomic mass is 19.4. The highest BCUT2D eigenvalue weighted by Gasteiger charge is 2.38. The summed E-state index contributed by atoms with van der Waals surface area (Å²) in [6.45, 7) is 8.11. The minimum absolute atomic E-state index is 0.0186. The molecule has 2 aliphatic heterocycles. The van der Waals surface area contributed by atoms with Crippen molar-refractivity contribution < 1.29 is 22.4 Å². The minimum atomic E-state index is -4.44. The second-order valence-electron chi connectivity index (χ2n) is 10.7. The molecule has 8 nitrogen and oxygen atoms in total. The van der Waals surface area contributed by atoms with Gasteiger partial charge < -0.3 is 19.1 Å². The lowest BCUT2D eigenvalue weighted by molar-refractivity contribution is -0.138. The van der Waals surface area contributed by atoms with E-state index < -0.39 is 11.7 Å². The first-order valence-electron chi connectivity index (χ1n) is 13.5. The number of nitrogens with zero attached hydrogens (tertiary/aromatic N) is 6. The van der Waals surface area contributed by atoms with Gasteiger partial charge in [-0.3, -0.25) is 9.48 Å². The largest absolute Gasteiger partial charge is 0.423 e. The summed E-state index contributed by atoms with van der Waals surface area (Å²) in [6, 6.07) is 12.4. The summed E-state index contributed by atoms with van der Waals surface area (Å²) in [4.78, 5) is 23.6. The zero-order chi connectivity index (χ0) is 28.2. The van der Waals surface area contributed by atoms with Gasteiger partial charge in [-0.1, -0.05) is 12.1 Å². The first-order valence-corrected chi connectivity index (χ1v) is 13.5. The van der Waals surface area contributed by atoms with Crippen molar-refractivity contribution in [3.63, 3.8) is 0 Å². The third-order valence-electron chi connectivity index (χ3n) is 7.92. The van der Waals surface area contributed by atoms with Crippen LogP contribution in [0.1, 0.15) is 35.0 Å². The number of carbonyl (C=O) groups is 1. The molecule has 1 unspecified atom stereocenters. The summed E-state index contributed by atoms with van der Waals surface area (Å²) in [5, 5.41) is 4.40. The third-order valence-corrected chi connectivity index (χ3v) is 7.92. The molecule has 0 N–H and O–H groups in total. The molecular weight excluding hydrogens is 521 g/mol. The third kappa shape index (κ3) is 4.77. The number of hydrogen-bond acceptors (Lipinski definition) is 6. The number of carbonyl (C=O) groups excluding carboxylic acids is 1. The zero-order valence-corrected chi connectivity index (χ0v) is 22.7. The van der Waals surface area contributed by atoms with E-state index in [9.17, 15) is 18.0 Å². The van der Waals surface area contributed by atoms with Gasteiger partial charge in [0, 0.05) is 50.1 Å². The molecule has 0 radical (unpaired) electrons. The first kappa shape index (κ1) is 26.2. The van der Waals surface area contributed by atoms with Crippen LogP contribution in [-0.2, 0) is 30.5 Å². The molecule has 0 aliphatic carbocycles. The maximum atomic E-state index is 14.0. The molecule has 2 aromatic heterocycles. The van der Waals surface area contributed by atoms with Crippen molar-refractivity contribution >= 4 is 28.7 Å². The van der Waals surface area contributed by atoms with Gasteiger partial charge in [-0.2, -0.15) is 23.3 Å². The predicted octanol–water partition coefficient (Wildman–Crippen LogP) is 4.96. The van der Waals surface area contributed by atoms with Gasteiger partial charge in [-0.15, -0.1) is 0 Å². The molecule has 1 fully saturated rings. The Kier molecular flexibility index (Phi) is 6.47. The van der Waals surface area contributed by atoms with Crippen LogP contribution in [0.2, 0.25) is 0 Å². The average Bonchev–Trinajstić information content (AvgIpc) is 3.49. The van der Waals surface area contributed by atoms with E-state index in [1.165, 1.54) is 6.07 Å². The maximum absolute atomic E-state index is 14.0. The quantitative estimate of drug-likeness (QED) is 0.357. The van der Waals surface area contributed by atoms with Crippen molar-refractivity contribution in [1.82, 2.24) is 19.7 Å². The molecule has 4 heterocycles. The van der Waals surface area contributed by atoms with Crippen molar-refractivity contribution in [1.29, 1.82) is 0 Å². The van der Waals surface area contributed by atoms with E-state index in [0.29, 0.717) is 54.4 Å². The second kappa shape index (κ2) is 9.87. The monoisotopic (exact) mass is 552 g/mol. The summed E-state index contributed by atoms with van der Waals surface area (Å²) in [5.74, 6) is -0.0186. The molecule has 210 valence electrons. The fraction of sp³-hybridized carbons (Fsp3) is 0.414. The van der Waals surface area contributed by atoms with Crippen molar-refractivity contribution in [2.24, 2.45) is 0 Å². The maximum Gasteiger partial charge on any atom is 0.416 e. The van der Waals surface area contributed by atoms with Gasteiger partial charge in [0.1, 0.15) is 12.1 Å². The number of benzene rings is 2. The van der Waals surface area contributed by atoms with E-state index in [2.05, 4.69) is 15.0 Å². The number of para-hydroxylation sites is 2. The summed E-state index contributed by atoms with van der Waals surface area (Å²) in [6.07, 6.45) is -4.21. The summed E-state index contributed by atoms with van der Waals surface area (Å²) in [5.41, 5.74) is 4.28. The molecule has 6 rings (SSSR count). The lowest BCUT2D eigenvalue weighted by Crippen LogP contribution is -2.55. The Morgan fingerprint density at radius 2 is 1.85 bits per heavy atom. The number of fused-ring (bicyclic) bond motifs is 2. The van der Waals surface area contributed by atoms with E-state index in [1.54, 1.807) is 10.7 Å². The molecule has 0 spiro atoms. The van der Waals surface area contributed by atoms with E-state index in [0.717, 1.165) is 17.1 Å². The zero-order valence-electron chi connectivity index (χ0n) is 22.7. The van der Waals surface area contributed by atoms with Gasteiger partial charge in [-0.25, -0.2) is 0 Å². The molecule has 1 amide bonds. The first-order chi connectivity index (χ1) is 19.1. The number of oxazole rings is 1. The van der Waals surface area contributed by atoms with Crippen molar-refractivity contribution in [2.75, 3.05) is 36.0 Å². The number of alkyl halides is 3. The smallest absolute Gasteiger partial charge is 0.416 e. The van der Waals surface area contributed by atoms with Gasteiger partial charge in [0.05, 0.1) is 11.3 Å². The van der Waals surface area contributed by atoms with Gasteiger partial charge in [0.2, 0.25) is 5.91 Å². The van der Waals surface area contributed by atoms with Crippen LogP contribution in [0.3, 0.4) is 0 Å². The SMILES string of the molecule is Cc1cc(C)n(CC(=O)N2CCN(c3ccc(C(F)(F)F)c4c3CN(c3nc5ccccc5o3)CC4)CC2C)n1. The highest BCUT2D eigenvalue weighted by molar-refractivity contribution is 5.77. The summed E-state index contributed by atoms with van der Waals surface area (Å²) >= 11 is 0. The van der Waals surface area contributed by atoms with Crippen LogP contribution in [0.4, 0.5) is 24.9 Å². The van der Waals surface area contributed by atoms with Crippen LogP contribution < -0.4 is 9.80 Å². The standard InChI is InChI=1S/C29H31F3N6O2/c1-18-14-19(2)38(34-18)17-27(39)37-13-12-35(15-20(37)3)25-9-8-23(29(30,31)32)21-10-11-36(16-22(21)25)28-33-24-6-4-5-7-26(24)40-28/h4-9,14,20H,10-13,15-17H2,1-3H3. The van der Waals surface area contributed by atoms with Gasteiger partial charge >= 0.3 is 6.18 Å². The Morgan fingerprint density at radius 1 is 1.05 bits per heavy atom. The second-order valence-corrected chi connectivity index (χ2v) is 10.7. The number of aryl methyl sites for hydroxylation is 2. The fourth-order valence-electron chi connectivity index (χ4n) is 5.98. The average molecular weight is 553 g/mol. The normalized spacial score (nSPS) is 17.9. The Bertz CT molecular complexity index is 1540. The highest BCUT2D eigenvalue weighted by Crippen LogP contribution is 2.41. The number of rotatable bonds is 4. The van der Waals surface area contributed by atoms with Crippen LogP contribution in [0.25, 0.3) is 11.1 Å². The molecule has 1 atom stereocenters. The molecule has 2 aromatic carbocycles. The van der Waals surface area contributed by atoms with Crippen LogP contribution in [0, 0.1) is 13.8 Å². The molecule has 2 aliphatic rings. The van der Waals surface area contributed by atoms with E-state index in [-0.39, 0.29) is 31.5 Å². The van der Waals surface area contributed by atoms with Crippen molar-refractivity contribution in [2.45, 2.75) is 52.5 Å². The van der Waals surface area contributed by atoms with Crippen molar-refractivity contribution in [3.05, 3.63) is 70.5 Å². The van der Waals surface area contributed by atoms with E-state index in [4.69, 9.17) is 4.42 Å². The van der Waals surface area contributed by atoms with Gasteiger partial charge in [0.15, 0.2) is 5.58 Å². The lowest BCUT2D eigenvalue weighted by Gasteiger charge is -2.43. The van der Waals surface area contributed by atoms with Crippen molar-refractivity contribution in [3.8, 4) is 0 Å². The molecule has 11 heteroatoms. The minimum Gasteiger partial charge on any atom is -0.423 e. The fourth-order valence-corrected chi connectivity index (χ4v) is 5.98. The molecule has 0 bridgehead atoms. The predicted molar refractivity (Wildman–Crippen MR) is 145 cm³/mol. The molecule has 40 heavy (non-hydrogen) atoms. The van der Waals surface area contributed by atoms with Crippen LogP contribution >= 0.6 is 0 Å². The van der Waals surface area contributed by atoms with E-state index >= 15 is 0 Å². The number of amides is 1. The Hall–Kier alpha value is -4.02. The Balaban J connectivity index is 1.26. The van der Waals surface area contributed by atoms with Gasteiger partial charge in [-0.05, 0) is 68.7 Å². The lowest BCUT2D eigenvalue weighted by atomic mass is 9.91. The summed E-state index contributed by atoms with van der Waals surface area (Å²) in [7, 11) is 0. The van der Waals surface area contributed by atoms with Crippen LogP contribution in [-0.4, -0.2) is 57.8 Å². The molecule has 0 saturated carbocycles. The van der Waals surface area contributed by atoms with Crippen LogP contribution in [0.15, 0.2) is 46.9 Å². The number of halogens is 3. The van der Waals surface area contributed by atoms with Crippen LogP contribution in [0.5, 0.6) is 0 Å². The molecule has 1 saturated heterocycles. The Morgan fingerprint density at radius 3 is 2.55 bits per heavy atom. The molecule has 4 aromatic rings. The van der Waals surface area contributed by atoms with Gasteiger partial charge in [0.25, 0.3) is 6.01 Å². The van der Waals surface area contributed by atoms with E-state index in [1.807, 2.05) is 60.9 Å². The summed E-state index contributed by atoms with van der Waals surface area (Å²) < 4.78 is 49.7. The molecular formula is C29H31F3N6O2. The Labute approximate surface area is 230 Å². The number of anilines is 2. The topological polar surface area (TPSA) is 70.6 Å². The number of piperazine rings is 1. The number of hydrogen-bond donors (Lipinski definition) is 0.